The third-order valence-electron chi connectivity index (χ3n) is 4.21. The van der Waals surface area contributed by atoms with E-state index < -0.39 is 9.85 Å². The molecule has 0 fully saturated rings. The Kier molecular flexibility index (Phi) is 7.71. The number of nitrogens with zero attached hydrogens (tertiary/aromatic N) is 4. The van der Waals surface area contributed by atoms with E-state index in [0.29, 0.717) is 29.5 Å². The van der Waals surface area contributed by atoms with E-state index >= 15 is 0 Å². The smallest absolute Gasteiger partial charge is 0.287 e. The number of nitro benzene ring substituents is 1. The first kappa shape index (κ1) is 23.4. The van der Waals surface area contributed by atoms with Crippen molar-refractivity contribution >= 4 is 35.0 Å². The number of pyridine rings is 1. The summed E-state index contributed by atoms with van der Waals surface area (Å²) >= 11 is 6.39. The highest BCUT2D eigenvalue weighted by Crippen LogP contribution is 2.37. The molecule has 1 heterocycles. The lowest BCUT2D eigenvalue weighted by molar-refractivity contribution is -0.385. The maximum absolute atomic E-state index is 10.8. The number of nitro groups is 2. The molecule has 0 aliphatic carbocycles. The maximum Gasteiger partial charge on any atom is 0.287 e. The molecule has 0 aliphatic rings. The third kappa shape index (κ3) is 6.37. The molecule has 0 radical (unpaired) electrons. The Bertz CT molecular complexity index is 1170. The molecule has 0 atom stereocenters. The molecule has 0 bridgehead atoms. The van der Waals surface area contributed by atoms with Crippen molar-refractivity contribution in [2.24, 2.45) is 5.10 Å². The number of benzene rings is 2. The van der Waals surface area contributed by atoms with Crippen LogP contribution in [0, 0.1) is 20.2 Å². The second kappa shape index (κ2) is 10.9. The average Bonchev–Trinajstić information content (AvgIpc) is 2.79. The fourth-order valence-corrected chi connectivity index (χ4v) is 2.94. The number of halogens is 1. The van der Waals surface area contributed by atoms with Gasteiger partial charge in [-0.2, -0.15) is 5.10 Å². The molecule has 0 saturated carbocycles. The van der Waals surface area contributed by atoms with Crippen LogP contribution in [-0.2, 0) is 6.61 Å². The van der Waals surface area contributed by atoms with Gasteiger partial charge < -0.3 is 9.47 Å². The van der Waals surface area contributed by atoms with Crippen molar-refractivity contribution in [3.05, 3.63) is 91.1 Å². The molecule has 0 aliphatic heterocycles. The Labute approximate surface area is 192 Å². The molecular formula is C21H18ClN5O6. The van der Waals surface area contributed by atoms with Crippen LogP contribution in [0.15, 0.2) is 59.8 Å². The number of nitrogens with one attached hydrogen (secondary N) is 1. The highest BCUT2D eigenvalue weighted by molar-refractivity contribution is 6.32. The molecule has 1 N–H and O–H groups in total. The topological polar surface area (TPSA) is 142 Å². The predicted octanol–water partition coefficient (Wildman–Crippen LogP) is 4.98. The van der Waals surface area contributed by atoms with Gasteiger partial charge in [0.05, 0.1) is 27.7 Å². The van der Waals surface area contributed by atoms with Gasteiger partial charge in [-0.25, -0.2) is 4.98 Å². The van der Waals surface area contributed by atoms with Gasteiger partial charge in [-0.05, 0) is 48.4 Å². The van der Waals surface area contributed by atoms with E-state index in [1.165, 1.54) is 30.5 Å². The summed E-state index contributed by atoms with van der Waals surface area (Å²) in [4.78, 5) is 24.3. The number of hydrogen-bond acceptors (Lipinski definition) is 9. The number of hydrazone groups is 1. The molecule has 3 aromatic rings. The van der Waals surface area contributed by atoms with Crippen molar-refractivity contribution in [1.82, 2.24) is 4.98 Å². The van der Waals surface area contributed by atoms with E-state index in [2.05, 4.69) is 15.5 Å². The van der Waals surface area contributed by atoms with E-state index in [9.17, 15) is 20.2 Å². The number of ether oxygens (including phenoxy) is 2. The Morgan fingerprint density at radius 3 is 2.36 bits per heavy atom. The maximum atomic E-state index is 10.8. The molecule has 170 valence electrons. The summed E-state index contributed by atoms with van der Waals surface area (Å²) in [6.45, 7) is 2.32. The fraction of sp³-hybridized carbons (Fsp3) is 0.143. The van der Waals surface area contributed by atoms with Gasteiger partial charge in [-0.1, -0.05) is 11.6 Å². The molecule has 0 spiro atoms. The Morgan fingerprint density at radius 2 is 1.76 bits per heavy atom. The molecule has 11 nitrogen and oxygen atoms in total. The van der Waals surface area contributed by atoms with Crippen LogP contribution in [0.25, 0.3) is 0 Å². The summed E-state index contributed by atoms with van der Waals surface area (Å²) in [5.41, 5.74) is 3.88. The standard InChI is InChI=1S/C21H18ClN5O6/c1-2-32-19-10-15(11-24-25-20-8-7-17(12-23-20)27(30)31)9-18(22)21(19)33-13-14-3-5-16(6-4-14)26(28)29/h3-12H,2,13H2,1H3,(H,23,25)/b24-11+. The number of hydrogen-bond donors (Lipinski definition) is 1. The van der Waals surface area contributed by atoms with Gasteiger partial charge >= 0.3 is 0 Å². The van der Waals surface area contributed by atoms with Crippen LogP contribution in [-0.4, -0.2) is 27.7 Å². The lowest BCUT2D eigenvalue weighted by Gasteiger charge is -2.14. The molecule has 0 saturated heterocycles. The lowest BCUT2D eigenvalue weighted by Crippen LogP contribution is -2.02. The van der Waals surface area contributed by atoms with Crippen LogP contribution in [0.1, 0.15) is 18.1 Å². The van der Waals surface area contributed by atoms with Gasteiger partial charge in [0.15, 0.2) is 11.5 Å². The monoisotopic (exact) mass is 471 g/mol. The number of aromatic nitrogens is 1. The van der Waals surface area contributed by atoms with Gasteiger partial charge in [-0.15, -0.1) is 0 Å². The van der Waals surface area contributed by atoms with Crippen molar-refractivity contribution in [3.63, 3.8) is 0 Å². The molecule has 1 aromatic heterocycles. The summed E-state index contributed by atoms with van der Waals surface area (Å²) in [5, 5.41) is 25.8. The zero-order valence-corrected chi connectivity index (χ0v) is 18.1. The third-order valence-corrected chi connectivity index (χ3v) is 4.49. The van der Waals surface area contributed by atoms with Crippen molar-refractivity contribution in [2.75, 3.05) is 12.0 Å². The van der Waals surface area contributed by atoms with Crippen LogP contribution in [0.5, 0.6) is 11.5 Å². The first-order valence-electron chi connectivity index (χ1n) is 9.59. The number of anilines is 1. The van der Waals surface area contributed by atoms with Crippen LogP contribution in [0.4, 0.5) is 17.2 Å². The first-order chi connectivity index (χ1) is 15.9. The van der Waals surface area contributed by atoms with E-state index in [-0.39, 0.29) is 23.0 Å². The van der Waals surface area contributed by atoms with Crippen molar-refractivity contribution in [2.45, 2.75) is 13.5 Å². The number of non-ortho nitro benzene ring substituents is 1. The largest absolute Gasteiger partial charge is 0.490 e. The zero-order chi connectivity index (χ0) is 23.8. The second-order valence-corrected chi connectivity index (χ2v) is 6.91. The van der Waals surface area contributed by atoms with Crippen molar-refractivity contribution in [1.29, 1.82) is 0 Å². The fourth-order valence-electron chi connectivity index (χ4n) is 2.67. The molecule has 33 heavy (non-hydrogen) atoms. The average molecular weight is 472 g/mol. The minimum atomic E-state index is -0.539. The van der Waals surface area contributed by atoms with E-state index in [4.69, 9.17) is 21.1 Å². The van der Waals surface area contributed by atoms with Crippen LogP contribution in [0.3, 0.4) is 0 Å². The van der Waals surface area contributed by atoms with Gasteiger partial charge in [0.25, 0.3) is 11.4 Å². The minimum absolute atomic E-state index is 0.00652. The van der Waals surface area contributed by atoms with Crippen molar-refractivity contribution < 1.29 is 19.3 Å². The van der Waals surface area contributed by atoms with Crippen LogP contribution >= 0.6 is 11.6 Å². The minimum Gasteiger partial charge on any atom is -0.490 e. The molecule has 0 unspecified atom stereocenters. The zero-order valence-electron chi connectivity index (χ0n) is 17.3. The predicted molar refractivity (Wildman–Crippen MR) is 122 cm³/mol. The van der Waals surface area contributed by atoms with Gasteiger partial charge in [0.1, 0.15) is 18.6 Å². The van der Waals surface area contributed by atoms with E-state index in [1.807, 2.05) is 6.92 Å². The number of rotatable bonds is 10. The summed E-state index contributed by atoms with van der Waals surface area (Å²) in [6, 6.07) is 12.1. The summed E-state index contributed by atoms with van der Waals surface area (Å²) in [7, 11) is 0. The molecule has 12 heteroatoms. The molecule has 2 aromatic carbocycles. The summed E-state index contributed by atoms with van der Waals surface area (Å²) < 4.78 is 11.5. The highest BCUT2D eigenvalue weighted by atomic mass is 35.5. The van der Waals surface area contributed by atoms with E-state index in [1.54, 1.807) is 24.3 Å². The normalized spacial score (nSPS) is 10.7. The van der Waals surface area contributed by atoms with Crippen LogP contribution < -0.4 is 14.9 Å². The molecule has 3 rings (SSSR count). The first-order valence-corrected chi connectivity index (χ1v) is 9.97. The van der Waals surface area contributed by atoms with Crippen LogP contribution in [0.2, 0.25) is 5.02 Å². The summed E-state index contributed by atoms with van der Waals surface area (Å²) in [6.07, 6.45) is 2.61. The highest BCUT2D eigenvalue weighted by Gasteiger charge is 2.13. The van der Waals surface area contributed by atoms with Gasteiger partial charge in [0.2, 0.25) is 0 Å². The van der Waals surface area contributed by atoms with Gasteiger partial charge in [-0.3, -0.25) is 25.7 Å². The molecule has 0 amide bonds. The Balaban J connectivity index is 1.71. The lowest BCUT2D eigenvalue weighted by atomic mass is 10.2. The van der Waals surface area contributed by atoms with E-state index in [0.717, 1.165) is 11.8 Å². The molecular weight excluding hydrogens is 454 g/mol. The van der Waals surface area contributed by atoms with Gasteiger partial charge in [0, 0.05) is 18.2 Å². The SMILES string of the molecule is CCOc1cc(/C=N/Nc2ccc([N+](=O)[O-])cn2)cc(Cl)c1OCc1ccc([N+](=O)[O-])cc1. The quantitative estimate of drug-likeness (QED) is 0.248. The Morgan fingerprint density at radius 1 is 1.06 bits per heavy atom. The van der Waals surface area contributed by atoms with Crippen molar-refractivity contribution in [3.8, 4) is 11.5 Å². The Hall–Kier alpha value is -4.25. The summed E-state index contributed by atoms with van der Waals surface area (Å²) in [5.74, 6) is 1.07. The second-order valence-electron chi connectivity index (χ2n) is 6.50.